The van der Waals surface area contributed by atoms with E-state index in [1.54, 1.807) is 7.11 Å². The summed E-state index contributed by atoms with van der Waals surface area (Å²) in [5.74, 6) is 0.997. The van der Waals surface area contributed by atoms with Crippen molar-refractivity contribution < 1.29 is 9.53 Å². The van der Waals surface area contributed by atoms with E-state index in [4.69, 9.17) is 4.74 Å². The van der Waals surface area contributed by atoms with Gasteiger partial charge in [0.15, 0.2) is 0 Å². The van der Waals surface area contributed by atoms with Crippen LogP contribution in [0.5, 0.6) is 5.75 Å². The number of carbonyl (C=O) groups is 1. The second kappa shape index (κ2) is 8.10. The van der Waals surface area contributed by atoms with E-state index >= 15 is 0 Å². The topological polar surface area (TPSA) is 70.2 Å². The molecule has 0 radical (unpaired) electrons. The van der Waals surface area contributed by atoms with Crippen molar-refractivity contribution in [1.29, 1.82) is 0 Å². The van der Waals surface area contributed by atoms with Gasteiger partial charge in [-0.05, 0) is 73.1 Å². The van der Waals surface area contributed by atoms with Gasteiger partial charge in [-0.2, -0.15) is 5.10 Å². The number of nitrogens with zero attached hydrogens (tertiary/aromatic N) is 2. The molecule has 0 saturated heterocycles. The van der Waals surface area contributed by atoms with Gasteiger partial charge in [-0.15, -0.1) is 0 Å². The Morgan fingerprint density at radius 1 is 1.09 bits per heavy atom. The van der Waals surface area contributed by atoms with Crippen LogP contribution in [0.2, 0.25) is 0 Å². The van der Waals surface area contributed by atoms with Gasteiger partial charge in [0.25, 0.3) is 0 Å². The van der Waals surface area contributed by atoms with Crippen molar-refractivity contribution in [2.45, 2.75) is 24.3 Å². The number of fused-ring (bicyclic) bond motifs is 3. The van der Waals surface area contributed by atoms with E-state index < -0.39 is 5.41 Å². The monoisotopic (exact) mass is 464 g/mol. The second-order valence-corrected chi connectivity index (χ2v) is 9.82. The van der Waals surface area contributed by atoms with Crippen LogP contribution in [0.25, 0.3) is 23.1 Å². The predicted molar refractivity (Wildman–Crippen MR) is 140 cm³/mol. The van der Waals surface area contributed by atoms with Gasteiger partial charge in [-0.3, -0.25) is 9.89 Å². The van der Waals surface area contributed by atoms with Gasteiger partial charge in [-0.25, -0.2) is 0 Å². The molecule has 1 spiro atoms. The fourth-order valence-electron chi connectivity index (χ4n) is 5.38. The van der Waals surface area contributed by atoms with Crippen molar-refractivity contribution in [3.63, 3.8) is 0 Å². The van der Waals surface area contributed by atoms with Gasteiger partial charge in [0, 0.05) is 23.5 Å². The van der Waals surface area contributed by atoms with Crippen LogP contribution in [0.4, 0.5) is 5.69 Å². The number of ether oxygens (including phenoxy) is 1. The number of hydrogen-bond acceptors (Lipinski definition) is 4. The van der Waals surface area contributed by atoms with Crippen LogP contribution in [0.1, 0.15) is 40.3 Å². The summed E-state index contributed by atoms with van der Waals surface area (Å²) in [6.07, 6.45) is 4.94. The van der Waals surface area contributed by atoms with E-state index in [1.165, 1.54) is 5.56 Å². The Morgan fingerprint density at radius 3 is 2.69 bits per heavy atom. The highest BCUT2D eigenvalue weighted by Crippen LogP contribution is 2.65. The maximum atomic E-state index is 13.0. The summed E-state index contributed by atoms with van der Waals surface area (Å²) in [6.45, 7) is 0.930. The molecular formula is C29H28N4O2. The number of benzene rings is 3. The van der Waals surface area contributed by atoms with Gasteiger partial charge in [0.1, 0.15) is 5.75 Å². The molecule has 1 amide bonds. The van der Waals surface area contributed by atoms with Crippen LogP contribution in [0.15, 0.2) is 60.7 Å². The number of H-pyrrole nitrogens is 1. The lowest BCUT2D eigenvalue weighted by molar-refractivity contribution is -0.118. The third kappa shape index (κ3) is 3.61. The summed E-state index contributed by atoms with van der Waals surface area (Å²) in [6, 6.07) is 20.8. The number of anilines is 1. The van der Waals surface area contributed by atoms with Crippen LogP contribution in [-0.2, 0) is 16.8 Å². The molecule has 6 nitrogen and oxygen atoms in total. The van der Waals surface area contributed by atoms with Crippen molar-refractivity contribution in [1.82, 2.24) is 15.1 Å². The predicted octanol–water partition coefficient (Wildman–Crippen LogP) is 5.18. The summed E-state index contributed by atoms with van der Waals surface area (Å²) in [7, 11) is 5.80. The molecule has 6 heteroatoms. The normalized spacial score (nSPS) is 20.7. The van der Waals surface area contributed by atoms with Gasteiger partial charge in [0.05, 0.1) is 23.7 Å². The molecule has 4 aromatic rings. The second-order valence-electron chi connectivity index (χ2n) is 9.82. The highest BCUT2D eigenvalue weighted by molar-refractivity contribution is 6.10. The number of carbonyl (C=O) groups excluding carboxylic acids is 1. The third-order valence-corrected chi connectivity index (χ3v) is 7.25. The molecular weight excluding hydrogens is 436 g/mol. The lowest BCUT2D eigenvalue weighted by Gasteiger charge is -2.10. The molecule has 0 unspecified atom stereocenters. The first-order valence-electron chi connectivity index (χ1n) is 11.9. The maximum absolute atomic E-state index is 13.0. The van der Waals surface area contributed by atoms with Gasteiger partial charge in [-0.1, -0.05) is 42.5 Å². The van der Waals surface area contributed by atoms with E-state index in [2.05, 4.69) is 83.0 Å². The first kappa shape index (κ1) is 21.6. The van der Waals surface area contributed by atoms with E-state index in [9.17, 15) is 4.79 Å². The van der Waals surface area contributed by atoms with E-state index in [-0.39, 0.29) is 11.8 Å². The van der Waals surface area contributed by atoms with Crippen molar-refractivity contribution >= 4 is 34.6 Å². The molecule has 2 aliphatic rings. The quantitative estimate of drug-likeness (QED) is 0.413. The summed E-state index contributed by atoms with van der Waals surface area (Å²) in [5.41, 5.74) is 6.90. The van der Waals surface area contributed by atoms with Crippen molar-refractivity contribution in [2.75, 3.05) is 26.5 Å². The first-order valence-corrected chi connectivity index (χ1v) is 11.9. The summed E-state index contributed by atoms with van der Waals surface area (Å²) >= 11 is 0. The molecule has 0 bridgehead atoms. The van der Waals surface area contributed by atoms with Crippen LogP contribution in [0, 0.1) is 0 Å². The zero-order valence-corrected chi connectivity index (χ0v) is 20.1. The Bertz CT molecular complexity index is 1470. The zero-order chi connectivity index (χ0) is 24.2. The molecule has 6 rings (SSSR count). The first-order chi connectivity index (χ1) is 17.0. The Labute approximate surface area is 204 Å². The summed E-state index contributed by atoms with van der Waals surface area (Å²) < 4.78 is 5.41. The molecule has 2 heterocycles. The number of amides is 1. The molecule has 1 fully saturated rings. The van der Waals surface area contributed by atoms with Crippen molar-refractivity contribution in [3.8, 4) is 5.75 Å². The van der Waals surface area contributed by atoms with Crippen molar-refractivity contribution in [2.24, 2.45) is 0 Å². The molecule has 176 valence electrons. The minimum absolute atomic E-state index is 0.0793. The number of rotatable bonds is 6. The SMILES string of the molecule is COc1ccc2c(c1)[C@]1(C[C@H]1c1ccc3c(C=Cc4ccc(CN(C)C)cc4)n[nH]c3c1)C(=O)N2. The summed E-state index contributed by atoms with van der Waals surface area (Å²) in [4.78, 5) is 15.1. The highest BCUT2D eigenvalue weighted by atomic mass is 16.5. The van der Waals surface area contributed by atoms with Crippen molar-refractivity contribution in [3.05, 3.63) is 88.6 Å². The van der Waals surface area contributed by atoms with Crippen LogP contribution in [0.3, 0.4) is 0 Å². The average molecular weight is 465 g/mol. The fraction of sp³-hybridized carbons (Fsp3) is 0.241. The van der Waals surface area contributed by atoms with Gasteiger partial charge in [0.2, 0.25) is 5.91 Å². The van der Waals surface area contributed by atoms with Crippen LogP contribution in [-0.4, -0.2) is 42.2 Å². The maximum Gasteiger partial charge on any atom is 0.235 e. The molecule has 1 aliphatic carbocycles. The van der Waals surface area contributed by atoms with Crippen LogP contribution < -0.4 is 10.1 Å². The molecule has 1 saturated carbocycles. The molecule has 2 atom stereocenters. The van der Waals surface area contributed by atoms with E-state index in [1.807, 2.05) is 24.3 Å². The standard InChI is InChI=1S/C29H28N4O2/c1-33(2)17-19-6-4-18(5-7-19)8-12-25-22-11-9-20(14-27(22)32-31-25)24-16-29(24)23-15-21(35-3)10-13-26(23)30-28(29)34/h4-15,24H,16-17H2,1-3H3,(H,30,34)(H,31,32)/t24-,29-/m0/s1. The third-order valence-electron chi connectivity index (χ3n) is 7.25. The number of aromatic amines is 1. The number of nitrogens with one attached hydrogen (secondary N) is 2. The molecule has 35 heavy (non-hydrogen) atoms. The Balaban J connectivity index is 1.24. The number of hydrogen-bond donors (Lipinski definition) is 2. The fourth-order valence-corrected chi connectivity index (χ4v) is 5.38. The minimum atomic E-state index is -0.501. The van der Waals surface area contributed by atoms with E-state index in [0.29, 0.717) is 0 Å². The largest absolute Gasteiger partial charge is 0.497 e. The Morgan fingerprint density at radius 2 is 1.91 bits per heavy atom. The van der Waals surface area contributed by atoms with Gasteiger partial charge < -0.3 is 15.0 Å². The minimum Gasteiger partial charge on any atom is -0.497 e. The number of methoxy groups -OCH3 is 1. The zero-order valence-electron chi connectivity index (χ0n) is 20.1. The lowest BCUT2D eigenvalue weighted by Crippen LogP contribution is -2.21. The summed E-state index contributed by atoms with van der Waals surface area (Å²) in [5, 5.41) is 11.8. The highest BCUT2D eigenvalue weighted by Gasteiger charge is 2.65. The Kier molecular flexibility index (Phi) is 5.00. The van der Waals surface area contributed by atoms with E-state index in [0.717, 1.165) is 57.7 Å². The van der Waals surface area contributed by atoms with Crippen LogP contribution >= 0.6 is 0 Å². The molecule has 3 aromatic carbocycles. The number of aromatic nitrogens is 2. The lowest BCUT2D eigenvalue weighted by atomic mass is 9.91. The Hall–Kier alpha value is -3.90. The molecule has 1 aliphatic heterocycles. The molecule has 1 aromatic heterocycles. The smallest absolute Gasteiger partial charge is 0.235 e. The average Bonchev–Trinajstić information content (AvgIpc) is 3.40. The van der Waals surface area contributed by atoms with Gasteiger partial charge >= 0.3 is 0 Å². The molecule has 2 N–H and O–H groups in total.